The lowest BCUT2D eigenvalue weighted by atomic mass is 9.98. The van der Waals surface area contributed by atoms with Crippen molar-refractivity contribution in [3.63, 3.8) is 0 Å². The SMILES string of the molecule is C=C(C)c1ccccc1CC(C)O. The summed E-state index contributed by atoms with van der Waals surface area (Å²) >= 11 is 0. The van der Waals surface area contributed by atoms with Crippen LogP contribution in [-0.2, 0) is 6.42 Å². The molecule has 1 aromatic carbocycles. The Labute approximate surface area is 79.7 Å². The van der Waals surface area contributed by atoms with Gasteiger partial charge in [-0.1, -0.05) is 36.4 Å². The summed E-state index contributed by atoms with van der Waals surface area (Å²) in [6.07, 6.45) is 0.406. The minimum Gasteiger partial charge on any atom is -0.393 e. The zero-order chi connectivity index (χ0) is 9.84. The molecule has 0 aliphatic carbocycles. The zero-order valence-corrected chi connectivity index (χ0v) is 8.25. The van der Waals surface area contributed by atoms with Crippen molar-refractivity contribution >= 4 is 5.57 Å². The van der Waals surface area contributed by atoms with Gasteiger partial charge in [0.15, 0.2) is 0 Å². The monoisotopic (exact) mass is 176 g/mol. The fourth-order valence-electron chi connectivity index (χ4n) is 1.43. The first kappa shape index (κ1) is 10.0. The number of allylic oxidation sites excluding steroid dienone is 1. The second-order valence-corrected chi connectivity index (χ2v) is 3.49. The van der Waals surface area contributed by atoms with E-state index in [2.05, 4.69) is 6.58 Å². The molecule has 1 aromatic rings. The van der Waals surface area contributed by atoms with Crippen molar-refractivity contribution in [2.75, 3.05) is 0 Å². The van der Waals surface area contributed by atoms with E-state index in [1.165, 1.54) is 5.56 Å². The molecule has 0 radical (unpaired) electrons. The lowest BCUT2D eigenvalue weighted by Gasteiger charge is -2.10. The molecule has 0 aromatic heterocycles. The van der Waals surface area contributed by atoms with E-state index in [4.69, 9.17) is 0 Å². The summed E-state index contributed by atoms with van der Waals surface area (Å²) < 4.78 is 0. The van der Waals surface area contributed by atoms with Crippen LogP contribution in [-0.4, -0.2) is 11.2 Å². The van der Waals surface area contributed by atoms with Gasteiger partial charge in [0.2, 0.25) is 0 Å². The average molecular weight is 176 g/mol. The summed E-state index contributed by atoms with van der Waals surface area (Å²) in [6, 6.07) is 8.07. The molecule has 0 bridgehead atoms. The third-order valence-electron chi connectivity index (χ3n) is 1.99. The highest BCUT2D eigenvalue weighted by Gasteiger charge is 2.04. The Balaban J connectivity index is 2.98. The highest BCUT2D eigenvalue weighted by atomic mass is 16.3. The summed E-state index contributed by atoms with van der Waals surface area (Å²) in [7, 11) is 0. The summed E-state index contributed by atoms with van der Waals surface area (Å²) in [4.78, 5) is 0. The first-order chi connectivity index (χ1) is 6.11. The Morgan fingerprint density at radius 3 is 2.62 bits per heavy atom. The fraction of sp³-hybridized carbons (Fsp3) is 0.333. The molecule has 0 aliphatic rings. The Bertz CT molecular complexity index is 300. The minimum absolute atomic E-state index is 0.291. The van der Waals surface area contributed by atoms with Crippen LogP contribution in [0, 0.1) is 0 Å². The lowest BCUT2D eigenvalue weighted by molar-refractivity contribution is 0.195. The molecule has 13 heavy (non-hydrogen) atoms. The van der Waals surface area contributed by atoms with Crippen molar-refractivity contribution in [1.82, 2.24) is 0 Å². The molecule has 0 saturated heterocycles. The van der Waals surface area contributed by atoms with Gasteiger partial charge in [-0.25, -0.2) is 0 Å². The molecule has 70 valence electrons. The lowest BCUT2D eigenvalue weighted by Crippen LogP contribution is -2.05. The van der Waals surface area contributed by atoms with Gasteiger partial charge in [-0.05, 0) is 31.4 Å². The molecule has 0 fully saturated rings. The summed E-state index contributed by atoms with van der Waals surface area (Å²) in [6.45, 7) is 7.70. The van der Waals surface area contributed by atoms with E-state index < -0.39 is 0 Å². The van der Waals surface area contributed by atoms with Crippen molar-refractivity contribution in [3.8, 4) is 0 Å². The second kappa shape index (κ2) is 4.24. The predicted molar refractivity (Wildman–Crippen MR) is 56.5 cm³/mol. The van der Waals surface area contributed by atoms with Gasteiger partial charge >= 0.3 is 0 Å². The normalized spacial score (nSPS) is 12.5. The molecule has 0 aliphatic heterocycles. The molecule has 1 rings (SSSR count). The maximum absolute atomic E-state index is 9.28. The highest BCUT2D eigenvalue weighted by molar-refractivity contribution is 5.64. The number of hydrogen-bond acceptors (Lipinski definition) is 1. The second-order valence-electron chi connectivity index (χ2n) is 3.49. The van der Waals surface area contributed by atoms with E-state index in [1.807, 2.05) is 31.2 Å². The van der Waals surface area contributed by atoms with Crippen molar-refractivity contribution < 1.29 is 5.11 Å². The number of aliphatic hydroxyl groups excluding tert-OH is 1. The van der Waals surface area contributed by atoms with E-state index in [1.54, 1.807) is 6.92 Å². The molecule has 0 saturated carbocycles. The molecule has 1 nitrogen and oxygen atoms in total. The van der Waals surface area contributed by atoms with Gasteiger partial charge in [0.25, 0.3) is 0 Å². The molecule has 1 unspecified atom stereocenters. The third kappa shape index (κ3) is 2.71. The van der Waals surface area contributed by atoms with Crippen molar-refractivity contribution in [2.45, 2.75) is 26.4 Å². The van der Waals surface area contributed by atoms with Crippen LogP contribution in [0.25, 0.3) is 5.57 Å². The summed E-state index contributed by atoms with van der Waals surface area (Å²) in [5.74, 6) is 0. The molecule has 0 heterocycles. The number of rotatable bonds is 3. The van der Waals surface area contributed by atoms with Crippen LogP contribution < -0.4 is 0 Å². The average Bonchev–Trinajstić information content (AvgIpc) is 2.03. The standard InChI is InChI=1S/C12H16O/c1-9(2)12-7-5-4-6-11(12)8-10(3)13/h4-7,10,13H,1,8H2,2-3H3. The smallest absolute Gasteiger partial charge is 0.0552 e. The van der Waals surface area contributed by atoms with Crippen molar-refractivity contribution in [1.29, 1.82) is 0 Å². The third-order valence-corrected chi connectivity index (χ3v) is 1.99. The van der Waals surface area contributed by atoms with E-state index in [-0.39, 0.29) is 6.10 Å². The maximum Gasteiger partial charge on any atom is 0.0552 e. The van der Waals surface area contributed by atoms with Crippen LogP contribution in [0.15, 0.2) is 30.8 Å². The van der Waals surface area contributed by atoms with Crippen LogP contribution in [0.3, 0.4) is 0 Å². The Morgan fingerprint density at radius 1 is 1.46 bits per heavy atom. The van der Waals surface area contributed by atoms with Gasteiger partial charge in [-0.2, -0.15) is 0 Å². The van der Waals surface area contributed by atoms with Gasteiger partial charge < -0.3 is 5.11 Å². The van der Waals surface area contributed by atoms with Crippen LogP contribution in [0.2, 0.25) is 0 Å². The number of benzene rings is 1. The van der Waals surface area contributed by atoms with E-state index in [9.17, 15) is 5.11 Å². The first-order valence-electron chi connectivity index (χ1n) is 4.53. The Kier molecular flexibility index (Phi) is 3.26. The quantitative estimate of drug-likeness (QED) is 0.750. The molecule has 0 spiro atoms. The number of hydrogen-bond donors (Lipinski definition) is 1. The van der Waals surface area contributed by atoms with Gasteiger partial charge in [-0.3, -0.25) is 0 Å². The van der Waals surface area contributed by atoms with Gasteiger partial charge in [0, 0.05) is 0 Å². The molecular formula is C12H16O. The first-order valence-corrected chi connectivity index (χ1v) is 4.53. The van der Waals surface area contributed by atoms with E-state index in [0.717, 1.165) is 11.1 Å². The Hall–Kier alpha value is -1.08. The Morgan fingerprint density at radius 2 is 2.08 bits per heavy atom. The molecular weight excluding hydrogens is 160 g/mol. The van der Waals surface area contributed by atoms with Crippen LogP contribution >= 0.6 is 0 Å². The van der Waals surface area contributed by atoms with E-state index >= 15 is 0 Å². The van der Waals surface area contributed by atoms with Gasteiger partial charge in [0.05, 0.1) is 6.10 Å². The molecule has 1 heteroatoms. The number of aliphatic hydroxyl groups is 1. The van der Waals surface area contributed by atoms with Gasteiger partial charge in [-0.15, -0.1) is 0 Å². The summed E-state index contributed by atoms with van der Waals surface area (Å²) in [5, 5.41) is 9.28. The fourth-order valence-corrected chi connectivity index (χ4v) is 1.43. The molecule has 1 N–H and O–H groups in total. The van der Waals surface area contributed by atoms with Crippen molar-refractivity contribution in [3.05, 3.63) is 42.0 Å². The van der Waals surface area contributed by atoms with Gasteiger partial charge in [0.1, 0.15) is 0 Å². The molecule has 1 atom stereocenters. The molecule has 0 amide bonds. The predicted octanol–water partition coefficient (Wildman–Crippen LogP) is 2.64. The largest absolute Gasteiger partial charge is 0.393 e. The summed E-state index contributed by atoms with van der Waals surface area (Å²) in [5.41, 5.74) is 3.38. The van der Waals surface area contributed by atoms with E-state index in [0.29, 0.717) is 6.42 Å². The van der Waals surface area contributed by atoms with Crippen LogP contribution in [0.5, 0.6) is 0 Å². The minimum atomic E-state index is -0.291. The topological polar surface area (TPSA) is 20.2 Å². The zero-order valence-electron chi connectivity index (χ0n) is 8.25. The van der Waals surface area contributed by atoms with Crippen molar-refractivity contribution in [2.24, 2.45) is 0 Å². The maximum atomic E-state index is 9.28. The van der Waals surface area contributed by atoms with Crippen LogP contribution in [0.4, 0.5) is 0 Å². The van der Waals surface area contributed by atoms with Crippen LogP contribution in [0.1, 0.15) is 25.0 Å². The highest BCUT2D eigenvalue weighted by Crippen LogP contribution is 2.18.